The van der Waals surface area contributed by atoms with Gasteiger partial charge in [0, 0.05) is 24.8 Å². The molecule has 3 aromatic heterocycles. The molecule has 0 aliphatic heterocycles. The molecule has 0 radical (unpaired) electrons. The molecule has 3 aromatic rings. The maximum atomic E-state index is 4.38. The van der Waals surface area contributed by atoms with E-state index in [0.717, 1.165) is 21.5 Å². The summed E-state index contributed by atoms with van der Waals surface area (Å²) < 4.78 is 2.74. The zero-order chi connectivity index (χ0) is 11.1. The number of fused-ring (bicyclic) bond motifs is 1. The van der Waals surface area contributed by atoms with Gasteiger partial charge in [0.25, 0.3) is 0 Å². The van der Waals surface area contributed by atoms with Crippen molar-refractivity contribution in [1.82, 2.24) is 24.7 Å². The first-order valence-corrected chi connectivity index (χ1v) is 5.53. The second-order valence-electron chi connectivity index (χ2n) is 3.47. The predicted octanol–water partition coefficient (Wildman–Crippen LogP) is 2.12. The third-order valence-corrected chi connectivity index (χ3v) is 2.78. The van der Waals surface area contributed by atoms with Gasteiger partial charge >= 0.3 is 0 Å². The summed E-state index contributed by atoms with van der Waals surface area (Å²) in [6.45, 7) is 0. The molecule has 1 N–H and O–H groups in total. The van der Waals surface area contributed by atoms with Crippen LogP contribution >= 0.6 is 15.9 Å². The van der Waals surface area contributed by atoms with Gasteiger partial charge < -0.3 is 4.57 Å². The van der Waals surface area contributed by atoms with Gasteiger partial charge in [-0.05, 0) is 28.1 Å². The van der Waals surface area contributed by atoms with Crippen LogP contribution in [0.15, 0.2) is 29.1 Å². The quantitative estimate of drug-likeness (QED) is 0.741. The first-order chi connectivity index (χ1) is 7.75. The van der Waals surface area contributed by atoms with Gasteiger partial charge in [0.1, 0.15) is 10.3 Å². The number of imidazole rings is 1. The van der Waals surface area contributed by atoms with Crippen LogP contribution in [0.1, 0.15) is 0 Å². The molecule has 0 bridgehead atoms. The maximum absolute atomic E-state index is 4.38. The van der Waals surface area contributed by atoms with Crippen LogP contribution in [0.5, 0.6) is 0 Å². The van der Waals surface area contributed by atoms with Crippen LogP contribution in [-0.4, -0.2) is 24.7 Å². The number of hydrogen-bond donors (Lipinski definition) is 1. The molecule has 0 saturated carbocycles. The maximum Gasteiger partial charge on any atom is 0.181 e. The molecule has 5 nitrogen and oxygen atoms in total. The average molecular weight is 278 g/mol. The van der Waals surface area contributed by atoms with E-state index in [1.165, 1.54) is 0 Å². The second-order valence-corrected chi connectivity index (χ2v) is 4.28. The van der Waals surface area contributed by atoms with Crippen LogP contribution in [0.25, 0.3) is 22.6 Å². The summed E-state index contributed by atoms with van der Waals surface area (Å²) >= 11 is 3.35. The van der Waals surface area contributed by atoms with E-state index < -0.39 is 0 Å². The first-order valence-electron chi connectivity index (χ1n) is 4.74. The van der Waals surface area contributed by atoms with Gasteiger partial charge in [-0.3, -0.25) is 5.10 Å². The molecule has 0 aliphatic carbocycles. The smallest absolute Gasteiger partial charge is 0.181 e. The van der Waals surface area contributed by atoms with Crippen molar-refractivity contribution in [3.63, 3.8) is 0 Å². The Morgan fingerprint density at radius 3 is 3.06 bits per heavy atom. The van der Waals surface area contributed by atoms with Crippen LogP contribution in [-0.2, 0) is 7.05 Å². The molecule has 0 amide bonds. The van der Waals surface area contributed by atoms with Crippen molar-refractivity contribution in [2.75, 3.05) is 0 Å². The third kappa shape index (κ3) is 1.34. The van der Waals surface area contributed by atoms with Gasteiger partial charge in [-0.1, -0.05) is 0 Å². The van der Waals surface area contributed by atoms with E-state index in [9.17, 15) is 0 Å². The van der Waals surface area contributed by atoms with Crippen molar-refractivity contribution in [3.8, 4) is 11.5 Å². The highest BCUT2D eigenvalue weighted by atomic mass is 79.9. The summed E-state index contributed by atoms with van der Waals surface area (Å²) in [6, 6.07) is 3.86. The van der Waals surface area contributed by atoms with Gasteiger partial charge in [0.2, 0.25) is 0 Å². The Hall–Kier alpha value is -1.69. The molecule has 0 saturated heterocycles. The van der Waals surface area contributed by atoms with Crippen molar-refractivity contribution >= 4 is 27.0 Å². The molecule has 0 aliphatic rings. The molecule has 0 spiro atoms. The van der Waals surface area contributed by atoms with Crippen LogP contribution in [0.2, 0.25) is 0 Å². The number of pyridine rings is 1. The van der Waals surface area contributed by atoms with Crippen molar-refractivity contribution in [3.05, 3.63) is 29.1 Å². The van der Waals surface area contributed by atoms with Gasteiger partial charge in [0.15, 0.2) is 11.5 Å². The normalized spacial score (nSPS) is 11.1. The molecule has 6 heteroatoms. The Balaban J connectivity index is 2.30. The highest BCUT2D eigenvalue weighted by Gasteiger charge is 2.12. The van der Waals surface area contributed by atoms with Crippen LogP contribution < -0.4 is 0 Å². The van der Waals surface area contributed by atoms with Crippen molar-refractivity contribution in [2.24, 2.45) is 7.05 Å². The van der Waals surface area contributed by atoms with E-state index in [-0.39, 0.29) is 0 Å². The molecule has 80 valence electrons. The van der Waals surface area contributed by atoms with E-state index >= 15 is 0 Å². The summed E-state index contributed by atoms with van der Waals surface area (Å²) in [5.41, 5.74) is 1.59. The monoisotopic (exact) mass is 277 g/mol. The Morgan fingerprint density at radius 1 is 1.44 bits per heavy atom. The lowest BCUT2D eigenvalue weighted by molar-refractivity contribution is 0.914. The fourth-order valence-corrected chi connectivity index (χ4v) is 2.16. The van der Waals surface area contributed by atoms with Crippen molar-refractivity contribution in [1.29, 1.82) is 0 Å². The highest BCUT2D eigenvalue weighted by Crippen LogP contribution is 2.24. The number of aromatic amines is 1. The summed E-state index contributed by atoms with van der Waals surface area (Å²) in [7, 11) is 1.94. The van der Waals surface area contributed by atoms with Crippen molar-refractivity contribution in [2.45, 2.75) is 0 Å². The molecule has 0 fully saturated rings. The molecule has 16 heavy (non-hydrogen) atoms. The number of nitrogens with zero attached hydrogens (tertiary/aromatic N) is 4. The zero-order valence-corrected chi connectivity index (χ0v) is 10.1. The highest BCUT2D eigenvalue weighted by molar-refractivity contribution is 9.10. The number of aromatic nitrogens is 5. The minimum atomic E-state index is 0.705. The fraction of sp³-hybridized carbons (Fsp3) is 0.100. The van der Waals surface area contributed by atoms with Gasteiger partial charge in [-0.15, -0.1) is 0 Å². The number of rotatable bonds is 1. The fourth-order valence-electron chi connectivity index (χ4n) is 1.68. The number of nitrogens with one attached hydrogen (secondary N) is 1. The van der Waals surface area contributed by atoms with Crippen LogP contribution in [0.4, 0.5) is 0 Å². The van der Waals surface area contributed by atoms with E-state index in [1.807, 2.05) is 29.9 Å². The lowest BCUT2D eigenvalue weighted by Gasteiger charge is -1.97. The Morgan fingerprint density at radius 2 is 2.31 bits per heavy atom. The number of halogens is 1. The average Bonchev–Trinajstić information content (AvgIpc) is 2.81. The summed E-state index contributed by atoms with van der Waals surface area (Å²) in [4.78, 5) is 8.56. The topological polar surface area (TPSA) is 59.4 Å². The molecule has 3 rings (SSSR count). The first kappa shape index (κ1) is 9.53. The second kappa shape index (κ2) is 3.41. The van der Waals surface area contributed by atoms with Gasteiger partial charge in [-0.2, -0.15) is 5.10 Å². The van der Waals surface area contributed by atoms with E-state index in [2.05, 4.69) is 36.1 Å². The SMILES string of the molecule is Cn1cc(Br)nc1-c1[nH]nc2ncccc12. The Kier molecular flexibility index (Phi) is 2.03. The summed E-state index contributed by atoms with van der Waals surface area (Å²) in [5.74, 6) is 0.836. The minimum absolute atomic E-state index is 0.705. The number of H-pyrrole nitrogens is 1. The minimum Gasteiger partial charge on any atom is -0.332 e. The molecule has 0 unspecified atom stereocenters. The Bertz CT molecular complexity index is 654. The largest absolute Gasteiger partial charge is 0.332 e. The third-order valence-electron chi connectivity index (χ3n) is 2.40. The predicted molar refractivity (Wildman–Crippen MR) is 63.8 cm³/mol. The Labute approximate surface area is 99.7 Å². The summed E-state index contributed by atoms with van der Waals surface area (Å²) in [5, 5.41) is 8.08. The zero-order valence-electron chi connectivity index (χ0n) is 8.48. The van der Waals surface area contributed by atoms with Gasteiger partial charge in [-0.25, -0.2) is 9.97 Å². The standard InChI is InChI=1S/C10H8BrN5/c1-16-5-7(11)13-10(16)8-6-3-2-4-12-9(6)15-14-8/h2-5H,1H3,(H,12,14,15). The van der Waals surface area contributed by atoms with E-state index in [0.29, 0.717) is 5.65 Å². The molecular weight excluding hydrogens is 270 g/mol. The van der Waals surface area contributed by atoms with E-state index in [4.69, 9.17) is 0 Å². The molecule has 3 heterocycles. The molecule has 0 atom stereocenters. The van der Waals surface area contributed by atoms with Crippen molar-refractivity contribution < 1.29 is 0 Å². The van der Waals surface area contributed by atoms with Crippen LogP contribution in [0, 0.1) is 0 Å². The molecular formula is C10H8BrN5. The molecule has 0 aromatic carbocycles. The summed E-state index contributed by atoms with van der Waals surface area (Å²) in [6.07, 6.45) is 3.62. The van der Waals surface area contributed by atoms with Crippen LogP contribution in [0.3, 0.4) is 0 Å². The lowest BCUT2D eigenvalue weighted by Crippen LogP contribution is -1.91. The van der Waals surface area contributed by atoms with Gasteiger partial charge in [0.05, 0.1) is 0 Å². The lowest BCUT2D eigenvalue weighted by atomic mass is 10.2. The van der Waals surface area contributed by atoms with E-state index in [1.54, 1.807) is 6.20 Å². The number of aryl methyl sites for hydroxylation is 1. The number of hydrogen-bond acceptors (Lipinski definition) is 3.